The second-order valence-corrected chi connectivity index (χ2v) is 6.01. The first-order valence-corrected chi connectivity index (χ1v) is 7.40. The number of morpholine rings is 1. The highest BCUT2D eigenvalue weighted by molar-refractivity contribution is 6.30. The second-order valence-electron chi connectivity index (χ2n) is 5.57. The number of hydrogen-bond donors (Lipinski definition) is 1. The fraction of sp³-hybridized carbons (Fsp3) is 0.600. The maximum Gasteiger partial charge on any atom is 0.0802 e. The lowest BCUT2D eigenvalue weighted by atomic mass is 10.1. The number of halogens is 1. The van der Waals surface area contributed by atoms with Gasteiger partial charge in [-0.2, -0.15) is 0 Å². The van der Waals surface area contributed by atoms with Gasteiger partial charge in [0, 0.05) is 24.7 Å². The summed E-state index contributed by atoms with van der Waals surface area (Å²) in [6, 6.07) is 7.45. The largest absolute Gasteiger partial charge is 0.388 e. The Morgan fingerprint density at radius 2 is 1.84 bits per heavy atom. The van der Waals surface area contributed by atoms with Gasteiger partial charge in [-0.25, -0.2) is 0 Å². The first-order chi connectivity index (χ1) is 9.20. The molecule has 0 spiro atoms. The Morgan fingerprint density at radius 1 is 1.21 bits per heavy atom. The molecule has 1 N–H and O–H groups in total. The second kappa shape index (κ2) is 5.80. The summed E-state index contributed by atoms with van der Waals surface area (Å²) in [4.78, 5) is 2.42. The zero-order valence-corrected chi connectivity index (χ0v) is 11.7. The third kappa shape index (κ3) is 3.29. The van der Waals surface area contributed by atoms with E-state index in [2.05, 4.69) is 4.90 Å². The molecule has 3 atom stereocenters. The number of fused-ring (bicyclic) bond motifs is 2. The van der Waals surface area contributed by atoms with Crippen LogP contribution in [0.1, 0.15) is 30.9 Å². The summed E-state index contributed by atoms with van der Waals surface area (Å²) in [5, 5.41) is 10.9. The first-order valence-electron chi connectivity index (χ1n) is 7.02. The van der Waals surface area contributed by atoms with Crippen LogP contribution in [0, 0.1) is 0 Å². The van der Waals surface area contributed by atoms with Gasteiger partial charge in [0.25, 0.3) is 0 Å². The monoisotopic (exact) mass is 281 g/mol. The normalized spacial score (nSPS) is 28.5. The molecule has 1 aromatic carbocycles. The maximum absolute atomic E-state index is 10.2. The summed E-state index contributed by atoms with van der Waals surface area (Å²) in [6.07, 6.45) is 3.60. The summed E-state index contributed by atoms with van der Waals surface area (Å²) < 4.78 is 5.81. The molecule has 3 rings (SSSR count). The van der Waals surface area contributed by atoms with E-state index in [0.29, 0.717) is 17.2 Å². The van der Waals surface area contributed by atoms with Crippen LogP contribution in [0.2, 0.25) is 5.02 Å². The SMILES string of the molecule is OC(CCN1CC2CCC(C1)O2)c1ccc(Cl)cc1. The van der Waals surface area contributed by atoms with Gasteiger partial charge >= 0.3 is 0 Å². The number of nitrogens with zero attached hydrogens (tertiary/aromatic N) is 1. The Morgan fingerprint density at radius 3 is 2.47 bits per heavy atom. The predicted molar refractivity (Wildman–Crippen MR) is 75.4 cm³/mol. The molecular weight excluding hydrogens is 262 g/mol. The van der Waals surface area contributed by atoms with E-state index in [0.717, 1.165) is 31.6 Å². The molecule has 3 unspecified atom stereocenters. The Balaban J connectivity index is 1.50. The van der Waals surface area contributed by atoms with Crippen molar-refractivity contribution in [2.24, 2.45) is 0 Å². The van der Waals surface area contributed by atoms with Gasteiger partial charge in [-0.3, -0.25) is 4.90 Å². The van der Waals surface area contributed by atoms with Crippen LogP contribution in [0.5, 0.6) is 0 Å². The minimum absolute atomic E-state index is 0.405. The Bertz CT molecular complexity index is 411. The van der Waals surface area contributed by atoms with E-state index in [1.54, 1.807) is 0 Å². The molecule has 2 aliphatic rings. The topological polar surface area (TPSA) is 32.7 Å². The first kappa shape index (κ1) is 13.4. The van der Waals surface area contributed by atoms with Crippen molar-refractivity contribution in [3.05, 3.63) is 34.9 Å². The average molecular weight is 282 g/mol. The van der Waals surface area contributed by atoms with E-state index in [4.69, 9.17) is 16.3 Å². The summed E-state index contributed by atoms with van der Waals surface area (Å²) in [7, 11) is 0. The van der Waals surface area contributed by atoms with Gasteiger partial charge in [-0.05, 0) is 37.0 Å². The molecule has 4 heteroatoms. The zero-order valence-electron chi connectivity index (χ0n) is 11.0. The third-order valence-corrected chi connectivity index (χ3v) is 4.34. The van der Waals surface area contributed by atoms with E-state index >= 15 is 0 Å². The van der Waals surface area contributed by atoms with Crippen LogP contribution in [-0.4, -0.2) is 41.8 Å². The number of aliphatic hydroxyl groups excluding tert-OH is 1. The lowest BCUT2D eigenvalue weighted by Gasteiger charge is -2.32. The van der Waals surface area contributed by atoms with Crippen LogP contribution >= 0.6 is 11.6 Å². The van der Waals surface area contributed by atoms with Gasteiger partial charge in [0.1, 0.15) is 0 Å². The van der Waals surface area contributed by atoms with Crippen LogP contribution in [0.4, 0.5) is 0 Å². The summed E-state index contributed by atoms with van der Waals surface area (Å²) in [5.41, 5.74) is 0.945. The van der Waals surface area contributed by atoms with Crippen LogP contribution in [0.3, 0.4) is 0 Å². The van der Waals surface area contributed by atoms with Crippen molar-refractivity contribution >= 4 is 11.6 Å². The standard InChI is InChI=1S/C15H20ClNO2/c16-12-3-1-11(2-4-12)15(18)7-8-17-9-13-5-6-14(10-17)19-13/h1-4,13-15,18H,5-10H2. The minimum Gasteiger partial charge on any atom is -0.388 e. The highest BCUT2D eigenvalue weighted by Crippen LogP contribution is 2.27. The molecule has 2 saturated heterocycles. The lowest BCUT2D eigenvalue weighted by Crippen LogP contribution is -2.43. The van der Waals surface area contributed by atoms with Crippen molar-refractivity contribution in [1.82, 2.24) is 4.90 Å². The number of aliphatic hydroxyl groups is 1. The molecular formula is C15H20ClNO2. The molecule has 2 heterocycles. The van der Waals surface area contributed by atoms with E-state index < -0.39 is 6.10 Å². The Hall–Kier alpha value is -0.610. The molecule has 2 fully saturated rings. The van der Waals surface area contributed by atoms with Gasteiger partial charge in [0.2, 0.25) is 0 Å². The molecule has 0 radical (unpaired) electrons. The third-order valence-electron chi connectivity index (χ3n) is 4.09. The van der Waals surface area contributed by atoms with Crippen molar-refractivity contribution in [3.8, 4) is 0 Å². The van der Waals surface area contributed by atoms with Crippen molar-refractivity contribution in [1.29, 1.82) is 0 Å². The van der Waals surface area contributed by atoms with Crippen LogP contribution < -0.4 is 0 Å². The fourth-order valence-corrected chi connectivity index (χ4v) is 3.16. The molecule has 104 valence electrons. The van der Waals surface area contributed by atoms with Crippen LogP contribution in [0.25, 0.3) is 0 Å². The summed E-state index contributed by atoms with van der Waals surface area (Å²) in [6.45, 7) is 2.97. The van der Waals surface area contributed by atoms with E-state index in [1.165, 1.54) is 12.8 Å². The summed E-state index contributed by atoms with van der Waals surface area (Å²) in [5.74, 6) is 0. The highest BCUT2D eigenvalue weighted by Gasteiger charge is 2.33. The van der Waals surface area contributed by atoms with Gasteiger partial charge in [0.05, 0.1) is 18.3 Å². The quantitative estimate of drug-likeness (QED) is 0.921. The predicted octanol–water partition coefficient (Wildman–Crippen LogP) is 2.63. The smallest absolute Gasteiger partial charge is 0.0802 e. The van der Waals surface area contributed by atoms with Gasteiger partial charge in [-0.15, -0.1) is 0 Å². The average Bonchev–Trinajstić information content (AvgIpc) is 2.76. The fourth-order valence-electron chi connectivity index (χ4n) is 3.04. The van der Waals surface area contributed by atoms with Crippen LogP contribution in [0.15, 0.2) is 24.3 Å². The van der Waals surface area contributed by atoms with Gasteiger partial charge in [0.15, 0.2) is 0 Å². The number of benzene rings is 1. The number of ether oxygens (including phenoxy) is 1. The zero-order chi connectivity index (χ0) is 13.2. The molecule has 2 aliphatic heterocycles. The molecule has 19 heavy (non-hydrogen) atoms. The molecule has 0 aliphatic carbocycles. The van der Waals surface area contributed by atoms with Crippen LogP contribution in [-0.2, 0) is 4.74 Å². The number of hydrogen-bond acceptors (Lipinski definition) is 3. The minimum atomic E-state index is -0.405. The number of rotatable bonds is 4. The van der Waals surface area contributed by atoms with E-state index in [-0.39, 0.29) is 0 Å². The number of likely N-dealkylation sites (tertiary alicyclic amines) is 1. The van der Waals surface area contributed by atoms with Gasteiger partial charge in [-0.1, -0.05) is 23.7 Å². The molecule has 0 saturated carbocycles. The van der Waals surface area contributed by atoms with E-state index in [9.17, 15) is 5.11 Å². The highest BCUT2D eigenvalue weighted by atomic mass is 35.5. The Labute approximate surface area is 119 Å². The molecule has 0 amide bonds. The molecule has 2 bridgehead atoms. The van der Waals surface area contributed by atoms with Crippen molar-refractivity contribution in [2.75, 3.05) is 19.6 Å². The van der Waals surface area contributed by atoms with Crippen molar-refractivity contribution in [3.63, 3.8) is 0 Å². The lowest BCUT2D eigenvalue weighted by molar-refractivity contribution is -0.0414. The molecule has 0 aromatic heterocycles. The molecule has 3 nitrogen and oxygen atoms in total. The van der Waals surface area contributed by atoms with Crippen molar-refractivity contribution < 1.29 is 9.84 Å². The summed E-state index contributed by atoms with van der Waals surface area (Å²) >= 11 is 5.85. The maximum atomic E-state index is 10.2. The van der Waals surface area contributed by atoms with Gasteiger partial charge < -0.3 is 9.84 Å². The van der Waals surface area contributed by atoms with Crippen molar-refractivity contribution in [2.45, 2.75) is 37.6 Å². The molecule has 1 aromatic rings. The van der Waals surface area contributed by atoms with E-state index in [1.807, 2.05) is 24.3 Å². The Kier molecular flexibility index (Phi) is 4.08.